The topological polar surface area (TPSA) is 56.7 Å². The van der Waals surface area contributed by atoms with Crippen LogP contribution in [0.4, 0.5) is 0 Å². The summed E-state index contributed by atoms with van der Waals surface area (Å²) in [6.45, 7) is 2.05. The van der Waals surface area contributed by atoms with Crippen LogP contribution in [-0.4, -0.2) is 61.0 Å². The first-order chi connectivity index (χ1) is 13.7. The number of halogens is 1. The number of piperidine rings is 1. The highest BCUT2D eigenvalue weighted by Gasteiger charge is 2.25. The summed E-state index contributed by atoms with van der Waals surface area (Å²) in [4.78, 5) is 18.9. The van der Waals surface area contributed by atoms with E-state index in [-0.39, 0.29) is 29.9 Å². The number of nitrogens with one attached hydrogen (secondary N) is 2. The molecule has 3 rings (SSSR count). The smallest absolute Gasteiger partial charge is 0.241 e. The van der Waals surface area contributed by atoms with Crippen molar-refractivity contribution in [2.24, 2.45) is 10.9 Å². The molecule has 2 fully saturated rings. The van der Waals surface area contributed by atoms with Gasteiger partial charge in [-0.25, -0.2) is 0 Å². The third kappa shape index (κ3) is 7.66. The maximum Gasteiger partial charge on any atom is 0.241 e. The third-order valence-electron chi connectivity index (χ3n) is 6.02. The molecule has 7 heteroatoms. The number of thioether (sulfide) groups is 1. The number of likely N-dealkylation sites (tertiary alicyclic amines) is 1. The Balaban J connectivity index is 0.00000300. The van der Waals surface area contributed by atoms with Crippen molar-refractivity contribution in [3.63, 3.8) is 0 Å². The number of guanidine groups is 1. The second-order valence-corrected chi connectivity index (χ2v) is 9.09. The Morgan fingerprint density at radius 2 is 1.90 bits per heavy atom. The molecule has 29 heavy (non-hydrogen) atoms. The van der Waals surface area contributed by atoms with Gasteiger partial charge in [-0.15, -0.1) is 24.0 Å². The summed E-state index contributed by atoms with van der Waals surface area (Å²) in [5.74, 6) is 1.61. The maximum atomic E-state index is 12.6. The van der Waals surface area contributed by atoms with Gasteiger partial charge in [0.05, 0.1) is 6.54 Å². The summed E-state index contributed by atoms with van der Waals surface area (Å²) in [5.41, 5.74) is 1.40. The van der Waals surface area contributed by atoms with Gasteiger partial charge in [0.25, 0.3) is 0 Å². The van der Waals surface area contributed by atoms with Crippen LogP contribution in [0.1, 0.15) is 37.7 Å². The third-order valence-corrected chi connectivity index (χ3v) is 7.12. The summed E-state index contributed by atoms with van der Waals surface area (Å²) in [7, 11) is 1.77. The highest BCUT2D eigenvalue weighted by molar-refractivity contribution is 14.0. The quantitative estimate of drug-likeness (QED) is 0.336. The Kier molecular flexibility index (Phi) is 10.6. The number of benzene rings is 1. The molecule has 1 aliphatic carbocycles. The van der Waals surface area contributed by atoms with Crippen LogP contribution in [0.25, 0.3) is 0 Å². The molecule has 1 aliphatic heterocycles. The van der Waals surface area contributed by atoms with Gasteiger partial charge >= 0.3 is 0 Å². The summed E-state index contributed by atoms with van der Waals surface area (Å²) in [6, 6.07) is 11.1. The van der Waals surface area contributed by atoms with Crippen molar-refractivity contribution >= 4 is 47.6 Å². The predicted octanol–water partition coefficient (Wildman–Crippen LogP) is 3.53. The van der Waals surface area contributed by atoms with E-state index < -0.39 is 0 Å². The molecule has 1 saturated carbocycles. The van der Waals surface area contributed by atoms with E-state index in [4.69, 9.17) is 0 Å². The van der Waals surface area contributed by atoms with Crippen molar-refractivity contribution < 1.29 is 4.79 Å². The average molecular weight is 531 g/mol. The maximum absolute atomic E-state index is 12.6. The van der Waals surface area contributed by atoms with Crippen molar-refractivity contribution in [3.05, 3.63) is 35.9 Å². The average Bonchev–Trinajstić information content (AvgIpc) is 3.20. The molecule has 162 valence electrons. The molecular weight excluding hydrogens is 495 g/mol. The number of carbonyl (C=O) groups excluding carboxylic acids is 1. The van der Waals surface area contributed by atoms with Crippen LogP contribution >= 0.6 is 35.7 Å². The van der Waals surface area contributed by atoms with Crippen LogP contribution in [0.3, 0.4) is 0 Å². The zero-order valence-corrected chi connectivity index (χ0v) is 20.7. The molecule has 1 saturated heterocycles. The van der Waals surface area contributed by atoms with Crippen LogP contribution in [0.15, 0.2) is 35.3 Å². The number of rotatable bonds is 6. The van der Waals surface area contributed by atoms with Gasteiger partial charge in [-0.1, -0.05) is 30.3 Å². The summed E-state index contributed by atoms with van der Waals surface area (Å²) in [6.07, 6.45) is 9.09. The van der Waals surface area contributed by atoms with Crippen molar-refractivity contribution in [3.8, 4) is 0 Å². The first-order valence-electron chi connectivity index (χ1n) is 10.5. The van der Waals surface area contributed by atoms with Gasteiger partial charge in [-0.3, -0.25) is 9.79 Å². The molecule has 0 bridgehead atoms. The van der Waals surface area contributed by atoms with E-state index >= 15 is 0 Å². The van der Waals surface area contributed by atoms with Gasteiger partial charge in [-0.2, -0.15) is 11.8 Å². The van der Waals surface area contributed by atoms with Crippen LogP contribution in [0.2, 0.25) is 0 Å². The number of aliphatic imine (C=N–C) groups is 1. The van der Waals surface area contributed by atoms with Crippen molar-refractivity contribution in [1.82, 2.24) is 15.5 Å². The van der Waals surface area contributed by atoms with Crippen LogP contribution in [-0.2, 0) is 11.2 Å². The highest BCUT2D eigenvalue weighted by atomic mass is 127. The number of carbonyl (C=O) groups is 1. The molecule has 1 aromatic rings. The van der Waals surface area contributed by atoms with E-state index in [9.17, 15) is 4.79 Å². The molecule has 5 nitrogen and oxygen atoms in total. The van der Waals surface area contributed by atoms with E-state index in [1.54, 1.807) is 7.05 Å². The largest absolute Gasteiger partial charge is 0.354 e. The lowest BCUT2D eigenvalue weighted by Gasteiger charge is -2.32. The van der Waals surface area contributed by atoms with E-state index in [2.05, 4.69) is 52.2 Å². The molecule has 0 aromatic heterocycles. The molecule has 2 aliphatic rings. The molecule has 0 radical (unpaired) electrons. The Labute approximate surface area is 196 Å². The fraction of sp³-hybridized carbons (Fsp3) is 0.636. The Morgan fingerprint density at radius 1 is 1.17 bits per heavy atom. The predicted molar refractivity (Wildman–Crippen MR) is 134 cm³/mol. The van der Waals surface area contributed by atoms with Gasteiger partial charge in [0.2, 0.25) is 5.91 Å². The van der Waals surface area contributed by atoms with E-state index in [1.807, 2.05) is 16.7 Å². The zero-order valence-electron chi connectivity index (χ0n) is 17.6. The minimum Gasteiger partial charge on any atom is -0.354 e. The molecule has 1 amide bonds. The lowest BCUT2D eigenvalue weighted by atomic mass is 9.90. The van der Waals surface area contributed by atoms with Gasteiger partial charge in [0, 0.05) is 31.4 Å². The van der Waals surface area contributed by atoms with E-state index in [1.165, 1.54) is 24.8 Å². The first-order valence-corrected chi connectivity index (χ1v) is 11.8. The SMILES string of the molecule is CN=C(NCC(=O)N1CCC(Cc2ccccc2)CC1)NC1CCC(SC)C1.I. The van der Waals surface area contributed by atoms with Crippen LogP contribution in [0, 0.1) is 5.92 Å². The summed E-state index contributed by atoms with van der Waals surface area (Å²) in [5, 5.41) is 7.44. The second kappa shape index (κ2) is 12.7. The lowest BCUT2D eigenvalue weighted by Crippen LogP contribution is -2.48. The number of hydrogen-bond donors (Lipinski definition) is 2. The number of hydrogen-bond acceptors (Lipinski definition) is 3. The first kappa shape index (κ1) is 24.3. The van der Waals surface area contributed by atoms with Gasteiger partial charge in [0.1, 0.15) is 0 Å². The van der Waals surface area contributed by atoms with Crippen LogP contribution < -0.4 is 10.6 Å². The summed E-state index contributed by atoms with van der Waals surface area (Å²) >= 11 is 1.95. The standard InChI is InChI=1S/C22H34N4OS.HI/c1-23-22(25-19-8-9-20(15-19)28-2)24-16-21(27)26-12-10-18(11-13-26)14-17-6-4-3-5-7-17;/h3-7,18-20H,8-16H2,1-2H3,(H2,23,24,25);1H. The number of amides is 1. The molecule has 2 unspecified atom stereocenters. The molecule has 2 N–H and O–H groups in total. The van der Waals surface area contributed by atoms with Crippen molar-refractivity contribution in [2.45, 2.75) is 49.8 Å². The van der Waals surface area contributed by atoms with Gasteiger partial charge < -0.3 is 15.5 Å². The molecule has 1 aromatic carbocycles. The lowest BCUT2D eigenvalue weighted by molar-refractivity contribution is -0.131. The molecule has 2 atom stereocenters. The zero-order chi connectivity index (χ0) is 19.8. The Bertz CT molecular complexity index is 649. The highest BCUT2D eigenvalue weighted by Crippen LogP contribution is 2.28. The molecular formula is C22H35IN4OS. The monoisotopic (exact) mass is 530 g/mol. The Morgan fingerprint density at radius 3 is 2.52 bits per heavy atom. The molecule has 1 heterocycles. The fourth-order valence-corrected chi connectivity index (χ4v) is 5.07. The van der Waals surface area contributed by atoms with Crippen molar-refractivity contribution in [2.75, 3.05) is 32.9 Å². The molecule has 0 spiro atoms. The van der Waals surface area contributed by atoms with Crippen LogP contribution in [0.5, 0.6) is 0 Å². The minimum atomic E-state index is 0. The van der Waals surface area contributed by atoms with Gasteiger partial charge in [-0.05, 0) is 56.3 Å². The summed E-state index contributed by atoms with van der Waals surface area (Å²) < 4.78 is 0. The normalized spacial score (nSPS) is 22.8. The minimum absolute atomic E-state index is 0. The van der Waals surface area contributed by atoms with E-state index in [0.29, 0.717) is 18.5 Å². The Hall–Kier alpha value is -0.960. The fourth-order valence-electron chi connectivity index (χ4n) is 4.28. The second-order valence-electron chi connectivity index (χ2n) is 7.95. The van der Waals surface area contributed by atoms with Crippen molar-refractivity contribution in [1.29, 1.82) is 0 Å². The number of nitrogens with zero attached hydrogens (tertiary/aromatic N) is 2. The van der Waals surface area contributed by atoms with E-state index in [0.717, 1.165) is 43.6 Å². The van der Waals surface area contributed by atoms with Gasteiger partial charge in [0.15, 0.2) is 5.96 Å².